The van der Waals surface area contributed by atoms with Gasteiger partial charge in [-0.3, -0.25) is 14.5 Å². The van der Waals surface area contributed by atoms with E-state index in [2.05, 4.69) is 23.5 Å². The molecule has 1 aliphatic rings. The van der Waals surface area contributed by atoms with Gasteiger partial charge < -0.3 is 15.4 Å². The Labute approximate surface area is 127 Å². The van der Waals surface area contributed by atoms with Gasteiger partial charge in [0.25, 0.3) is 0 Å². The molecule has 0 aromatic carbocycles. The first-order valence-electron chi connectivity index (χ1n) is 7.77. The van der Waals surface area contributed by atoms with E-state index in [4.69, 9.17) is 5.73 Å². The fourth-order valence-corrected chi connectivity index (χ4v) is 2.50. The van der Waals surface area contributed by atoms with E-state index in [0.29, 0.717) is 13.1 Å². The minimum atomic E-state index is -0.787. The lowest BCUT2D eigenvalue weighted by atomic mass is 10.1. The molecule has 0 aromatic rings. The van der Waals surface area contributed by atoms with Crippen molar-refractivity contribution in [3.8, 4) is 0 Å². The Morgan fingerprint density at radius 1 is 1.19 bits per heavy atom. The molecule has 1 heterocycles. The Balaban J connectivity index is 2.28. The number of rotatable bonds is 7. The van der Waals surface area contributed by atoms with Crippen molar-refractivity contribution < 1.29 is 14.3 Å². The number of carbonyl (C=O) groups excluding carboxylic acids is 2. The zero-order chi connectivity index (χ0) is 15.8. The highest BCUT2D eigenvalue weighted by molar-refractivity contribution is 5.86. The van der Waals surface area contributed by atoms with Gasteiger partial charge in [0.05, 0.1) is 19.6 Å². The maximum absolute atomic E-state index is 12.1. The number of esters is 1. The first kappa shape index (κ1) is 17.9. The summed E-state index contributed by atoms with van der Waals surface area (Å²) in [4.78, 5) is 27.4. The third-order valence-corrected chi connectivity index (χ3v) is 3.87. The van der Waals surface area contributed by atoms with Gasteiger partial charge in [-0.1, -0.05) is 13.8 Å². The first-order valence-corrected chi connectivity index (χ1v) is 7.77. The van der Waals surface area contributed by atoms with Crippen LogP contribution >= 0.6 is 0 Å². The number of ether oxygens (including phenoxy) is 1. The van der Waals surface area contributed by atoms with Gasteiger partial charge in [0.1, 0.15) is 0 Å². The molecule has 1 amide bonds. The largest absolute Gasteiger partial charge is 0.469 e. The van der Waals surface area contributed by atoms with Crippen LogP contribution in [0.15, 0.2) is 0 Å². The van der Waals surface area contributed by atoms with E-state index >= 15 is 0 Å². The Morgan fingerprint density at radius 2 is 1.81 bits per heavy atom. The predicted molar refractivity (Wildman–Crippen MR) is 81.7 cm³/mol. The minimum absolute atomic E-state index is 0.0517. The summed E-state index contributed by atoms with van der Waals surface area (Å²) in [6, 6.07) is -0.787. The van der Waals surface area contributed by atoms with E-state index in [-0.39, 0.29) is 12.3 Å². The number of hydrogen-bond donors (Lipinski definition) is 1. The van der Waals surface area contributed by atoms with E-state index in [0.717, 1.165) is 25.6 Å². The van der Waals surface area contributed by atoms with E-state index < -0.39 is 12.0 Å². The molecule has 0 aliphatic carbocycles. The van der Waals surface area contributed by atoms with Gasteiger partial charge in [0, 0.05) is 26.2 Å². The number of carbonyl (C=O) groups is 2. The average molecular weight is 299 g/mol. The van der Waals surface area contributed by atoms with Crippen LogP contribution in [0.4, 0.5) is 0 Å². The van der Waals surface area contributed by atoms with Crippen LogP contribution in [0, 0.1) is 5.92 Å². The van der Waals surface area contributed by atoms with E-state index in [1.165, 1.54) is 20.0 Å². The fraction of sp³-hybridized carbons (Fsp3) is 0.867. The van der Waals surface area contributed by atoms with Crippen LogP contribution in [0.5, 0.6) is 0 Å². The average Bonchev–Trinajstić information content (AvgIpc) is 2.46. The van der Waals surface area contributed by atoms with Gasteiger partial charge in [-0.25, -0.2) is 0 Å². The molecule has 6 nitrogen and oxygen atoms in total. The molecule has 0 spiro atoms. The molecule has 21 heavy (non-hydrogen) atoms. The summed E-state index contributed by atoms with van der Waals surface area (Å²) in [5.74, 6) is 0.148. The number of hydrogen-bond acceptors (Lipinski definition) is 5. The number of methoxy groups -OCH3 is 1. The lowest BCUT2D eigenvalue weighted by Gasteiger charge is -2.35. The van der Waals surface area contributed by atoms with E-state index in [9.17, 15) is 9.59 Å². The van der Waals surface area contributed by atoms with Crippen molar-refractivity contribution in [3.05, 3.63) is 0 Å². The van der Waals surface area contributed by atoms with Crippen molar-refractivity contribution in [3.63, 3.8) is 0 Å². The lowest BCUT2D eigenvalue weighted by molar-refractivity contribution is -0.145. The molecule has 1 rings (SSSR count). The predicted octanol–water partition coefficient (Wildman–Crippen LogP) is 0.457. The summed E-state index contributed by atoms with van der Waals surface area (Å²) in [7, 11) is 1.30. The van der Waals surface area contributed by atoms with Gasteiger partial charge >= 0.3 is 5.97 Å². The fourth-order valence-electron chi connectivity index (χ4n) is 2.50. The monoisotopic (exact) mass is 299 g/mol. The maximum atomic E-state index is 12.1. The molecule has 122 valence electrons. The Hall–Kier alpha value is -1.14. The molecule has 0 radical (unpaired) electrons. The Kier molecular flexibility index (Phi) is 7.67. The summed E-state index contributed by atoms with van der Waals surface area (Å²) in [6.07, 6.45) is 2.39. The molecular weight excluding hydrogens is 270 g/mol. The topological polar surface area (TPSA) is 75.9 Å². The third kappa shape index (κ3) is 6.44. The second-order valence-electron chi connectivity index (χ2n) is 6.09. The normalized spacial score (nSPS) is 17.9. The molecule has 1 aliphatic heterocycles. The maximum Gasteiger partial charge on any atom is 0.307 e. The molecule has 1 unspecified atom stereocenters. The van der Waals surface area contributed by atoms with Crippen molar-refractivity contribution in [2.75, 3.05) is 39.8 Å². The smallest absolute Gasteiger partial charge is 0.307 e. The summed E-state index contributed by atoms with van der Waals surface area (Å²) in [6.45, 7) is 8.71. The van der Waals surface area contributed by atoms with Crippen molar-refractivity contribution in [2.24, 2.45) is 11.7 Å². The number of amides is 1. The molecule has 0 saturated carbocycles. The van der Waals surface area contributed by atoms with Gasteiger partial charge in [-0.05, 0) is 25.3 Å². The van der Waals surface area contributed by atoms with Crippen LogP contribution in [0.2, 0.25) is 0 Å². The molecule has 2 N–H and O–H groups in total. The van der Waals surface area contributed by atoms with Crippen molar-refractivity contribution in [2.45, 2.75) is 39.2 Å². The van der Waals surface area contributed by atoms with E-state index in [1.54, 1.807) is 4.90 Å². The summed E-state index contributed by atoms with van der Waals surface area (Å²) >= 11 is 0. The zero-order valence-corrected chi connectivity index (χ0v) is 13.5. The molecule has 1 atom stereocenters. The summed E-state index contributed by atoms with van der Waals surface area (Å²) in [5, 5.41) is 0. The van der Waals surface area contributed by atoms with Crippen molar-refractivity contribution in [1.29, 1.82) is 0 Å². The number of nitrogens with two attached hydrogens (primary N) is 1. The summed E-state index contributed by atoms with van der Waals surface area (Å²) < 4.78 is 4.54. The molecular formula is C15H29N3O3. The van der Waals surface area contributed by atoms with Crippen LogP contribution < -0.4 is 5.73 Å². The molecule has 1 fully saturated rings. The molecule has 0 aromatic heterocycles. The highest BCUT2D eigenvalue weighted by Crippen LogP contribution is 2.09. The van der Waals surface area contributed by atoms with Gasteiger partial charge in [-0.15, -0.1) is 0 Å². The van der Waals surface area contributed by atoms with Crippen molar-refractivity contribution in [1.82, 2.24) is 9.80 Å². The van der Waals surface area contributed by atoms with Gasteiger partial charge in [-0.2, -0.15) is 0 Å². The van der Waals surface area contributed by atoms with Crippen LogP contribution in [0.3, 0.4) is 0 Å². The SMILES string of the molecule is COC(=O)CC(N)C(=O)N1CCN(CCCC(C)C)CC1. The van der Waals surface area contributed by atoms with Gasteiger partial charge in [0.15, 0.2) is 0 Å². The van der Waals surface area contributed by atoms with Crippen LogP contribution in [0.1, 0.15) is 33.1 Å². The van der Waals surface area contributed by atoms with Crippen LogP contribution in [-0.4, -0.2) is 67.6 Å². The quantitative estimate of drug-likeness (QED) is 0.691. The second-order valence-corrected chi connectivity index (χ2v) is 6.09. The molecule has 1 saturated heterocycles. The number of nitrogens with zero attached hydrogens (tertiary/aromatic N) is 2. The first-order chi connectivity index (χ1) is 9.93. The van der Waals surface area contributed by atoms with Crippen molar-refractivity contribution >= 4 is 11.9 Å². The standard InChI is InChI=1S/C15H29N3O3/c1-12(2)5-4-6-17-7-9-18(10-8-17)15(20)13(16)11-14(19)21-3/h12-13H,4-11,16H2,1-3H3. The third-order valence-electron chi connectivity index (χ3n) is 3.87. The van der Waals surface area contributed by atoms with Gasteiger partial charge in [0.2, 0.25) is 5.91 Å². The second kappa shape index (κ2) is 9.00. The minimum Gasteiger partial charge on any atom is -0.469 e. The lowest BCUT2D eigenvalue weighted by Crippen LogP contribution is -2.53. The summed E-state index contributed by atoms with van der Waals surface area (Å²) in [5.41, 5.74) is 5.77. The Bertz CT molecular complexity index is 339. The zero-order valence-electron chi connectivity index (χ0n) is 13.5. The molecule has 0 bridgehead atoms. The molecule has 6 heteroatoms. The van der Waals surface area contributed by atoms with E-state index in [1.807, 2.05) is 0 Å². The van der Waals surface area contributed by atoms with Crippen LogP contribution in [-0.2, 0) is 14.3 Å². The Morgan fingerprint density at radius 3 is 2.33 bits per heavy atom. The number of piperazine rings is 1. The van der Waals surface area contributed by atoms with Crippen LogP contribution in [0.25, 0.3) is 0 Å². The highest BCUT2D eigenvalue weighted by atomic mass is 16.5. The highest BCUT2D eigenvalue weighted by Gasteiger charge is 2.26.